The Labute approximate surface area is 115 Å². The normalized spacial score (nSPS) is 31.2. The lowest BCUT2D eigenvalue weighted by Gasteiger charge is -2.39. The number of aryl methyl sites for hydroxylation is 1. The first-order chi connectivity index (χ1) is 9.02. The van der Waals surface area contributed by atoms with E-state index < -0.39 is 0 Å². The molecule has 0 saturated heterocycles. The summed E-state index contributed by atoms with van der Waals surface area (Å²) in [5.74, 6) is 1.27. The molecule has 2 nitrogen and oxygen atoms in total. The molecule has 2 rings (SSSR count). The molecule has 0 amide bonds. The molecule has 106 valence electrons. The van der Waals surface area contributed by atoms with E-state index in [0.717, 1.165) is 12.8 Å². The highest BCUT2D eigenvalue weighted by Crippen LogP contribution is 2.33. The van der Waals surface area contributed by atoms with Gasteiger partial charge in [-0.2, -0.15) is 0 Å². The lowest BCUT2D eigenvalue weighted by molar-refractivity contribution is 0.0476. The van der Waals surface area contributed by atoms with Crippen LogP contribution < -0.4 is 10.1 Å². The van der Waals surface area contributed by atoms with Crippen LogP contribution in [0.1, 0.15) is 32.3 Å². The number of ether oxygens (including phenoxy) is 1. The summed E-state index contributed by atoms with van der Waals surface area (Å²) >= 11 is 0. The van der Waals surface area contributed by atoms with Crippen LogP contribution in [0.4, 0.5) is 4.39 Å². The van der Waals surface area contributed by atoms with Gasteiger partial charge in [0.1, 0.15) is 6.10 Å². The topological polar surface area (TPSA) is 21.3 Å². The van der Waals surface area contributed by atoms with E-state index in [2.05, 4.69) is 19.2 Å². The standard InChI is InChI=1S/C16H24FNO/c1-10-8-12(3)16(13(9-10)18-4)19-14-7-5-6-11(2)15(14)17/h5-7,10,12-13,16,18H,8-9H2,1-4H3. The fourth-order valence-corrected chi connectivity index (χ4v) is 3.17. The summed E-state index contributed by atoms with van der Waals surface area (Å²) in [5, 5.41) is 3.32. The molecule has 0 heterocycles. The Kier molecular flexibility index (Phi) is 4.46. The van der Waals surface area contributed by atoms with Gasteiger partial charge < -0.3 is 10.1 Å². The third-order valence-corrected chi connectivity index (χ3v) is 4.18. The van der Waals surface area contributed by atoms with Crippen LogP contribution >= 0.6 is 0 Å². The van der Waals surface area contributed by atoms with Gasteiger partial charge in [0.2, 0.25) is 0 Å². The molecule has 1 aromatic rings. The molecule has 1 fully saturated rings. The van der Waals surface area contributed by atoms with Crippen molar-refractivity contribution >= 4 is 0 Å². The van der Waals surface area contributed by atoms with Gasteiger partial charge in [0.25, 0.3) is 0 Å². The number of hydrogen-bond acceptors (Lipinski definition) is 2. The van der Waals surface area contributed by atoms with E-state index in [1.165, 1.54) is 0 Å². The predicted molar refractivity (Wildman–Crippen MR) is 76.0 cm³/mol. The van der Waals surface area contributed by atoms with Crippen LogP contribution in [0.5, 0.6) is 5.75 Å². The van der Waals surface area contributed by atoms with E-state index in [1.54, 1.807) is 19.1 Å². The van der Waals surface area contributed by atoms with Crippen LogP contribution in [0.15, 0.2) is 18.2 Å². The fourth-order valence-electron chi connectivity index (χ4n) is 3.17. The molecular formula is C16H24FNO. The van der Waals surface area contributed by atoms with Gasteiger partial charge in [-0.15, -0.1) is 0 Å². The Morgan fingerprint density at radius 3 is 2.68 bits per heavy atom. The van der Waals surface area contributed by atoms with Gasteiger partial charge in [0.05, 0.1) is 0 Å². The van der Waals surface area contributed by atoms with Crippen molar-refractivity contribution in [3.63, 3.8) is 0 Å². The van der Waals surface area contributed by atoms with E-state index in [4.69, 9.17) is 4.74 Å². The van der Waals surface area contributed by atoms with E-state index in [1.807, 2.05) is 13.1 Å². The van der Waals surface area contributed by atoms with Crippen molar-refractivity contribution in [3.8, 4) is 5.75 Å². The van der Waals surface area contributed by atoms with Crippen molar-refractivity contribution in [2.75, 3.05) is 7.05 Å². The summed E-state index contributed by atoms with van der Waals surface area (Å²) in [4.78, 5) is 0. The zero-order valence-electron chi connectivity index (χ0n) is 12.2. The van der Waals surface area contributed by atoms with Crippen LogP contribution in [-0.2, 0) is 0 Å². The molecule has 1 aliphatic carbocycles. The fraction of sp³-hybridized carbons (Fsp3) is 0.625. The van der Waals surface area contributed by atoms with Gasteiger partial charge in [-0.25, -0.2) is 4.39 Å². The monoisotopic (exact) mass is 265 g/mol. The Hall–Kier alpha value is -1.09. The maximum atomic E-state index is 14.0. The zero-order chi connectivity index (χ0) is 14.0. The number of rotatable bonds is 3. The lowest BCUT2D eigenvalue weighted by atomic mass is 9.78. The molecule has 1 aliphatic rings. The SMILES string of the molecule is CNC1CC(C)CC(C)C1Oc1cccc(C)c1F. The number of nitrogens with one attached hydrogen (secondary N) is 1. The molecule has 1 N–H and O–H groups in total. The highest BCUT2D eigenvalue weighted by molar-refractivity contribution is 5.30. The molecular weight excluding hydrogens is 241 g/mol. The highest BCUT2D eigenvalue weighted by atomic mass is 19.1. The molecule has 1 aromatic carbocycles. The van der Waals surface area contributed by atoms with E-state index in [0.29, 0.717) is 29.2 Å². The molecule has 4 atom stereocenters. The van der Waals surface area contributed by atoms with E-state index in [-0.39, 0.29) is 11.9 Å². The van der Waals surface area contributed by atoms with Crippen molar-refractivity contribution in [2.45, 2.75) is 45.8 Å². The quantitative estimate of drug-likeness (QED) is 0.902. The smallest absolute Gasteiger partial charge is 0.167 e. The molecule has 1 saturated carbocycles. The van der Waals surface area contributed by atoms with Gasteiger partial charge in [-0.05, 0) is 50.3 Å². The largest absolute Gasteiger partial charge is 0.485 e. The first-order valence-electron chi connectivity index (χ1n) is 7.12. The number of benzene rings is 1. The predicted octanol–water partition coefficient (Wildman–Crippen LogP) is 3.54. The van der Waals surface area contributed by atoms with Crippen molar-refractivity contribution in [3.05, 3.63) is 29.6 Å². The van der Waals surface area contributed by atoms with Crippen LogP contribution in [0.3, 0.4) is 0 Å². The summed E-state index contributed by atoms with van der Waals surface area (Å²) in [6, 6.07) is 5.63. The molecule has 4 unspecified atom stereocenters. The Morgan fingerprint density at radius 1 is 1.26 bits per heavy atom. The minimum atomic E-state index is -0.233. The second kappa shape index (κ2) is 5.91. The lowest BCUT2D eigenvalue weighted by Crippen LogP contribution is -2.49. The van der Waals surface area contributed by atoms with E-state index in [9.17, 15) is 4.39 Å². The zero-order valence-corrected chi connectivity index (χ0v) is 12.2. The Balaban J connectivity index is 2.18. The maximum absolute atomic E-state index is 14.0. The van der Waals surface area contributed by atoms with Gasteiger partial charge in [-0.3, -0.25) is 0 Å². The van der Waals surface area contributed by atoms with Crippen molar-refractivity contribution in [1.82, 2.24) is 5.32 Å². The summed E-state index contributed by atoms with van der Waals surface area (Å²) in [5.41, 5.74) is 0.635. The van der Waals surface area contributed by atoms with Gasteiger partial charge in [0.15, 0.2) is 11.6 Å². The van der Waals surface area contributed by atoms with Crippen LogP contribution in [0, 0.1) is 24.6 Å². The average Bonchev–Trinajstić information content (AvgIpc) is 2.37. The second-order valence-corrected chi connectivity index (χ2v) is 5.92. The van der Waals surface area contributed by atoms with Gasteiger partial charge in [0, 0.05) is 6.04 Å². The Bertz CT molecular complexity index is 435. The second-order valence-electron chi connectivity index (χ2n) is 5.92. The number of hydrogen-bond donors (Lipinski definition) is 1. The van der Waals surface area contributed by atoms with Gasteiger partial charge in [-0.1, -0.05) is 26.0 Å². The van der Waals surface area contributed by atoms with Crippen molar-refractivity contribution < 1.29 is 9.13 Å². The third-order valence-electron chi connectivity index (χ3n) is 4.18. The first-order valence-corrected chi connectivity index (χ1v) is 7.12. The molecule has 0 aliphatic heterocycles. The molecule has 3 heteroatoms. The summed E-state index contributed by atoms with van der Waals surface area (Å²) in [6.45, 7) is 6.23. The molecule has 0 aromatic heterocycles. The molecule has 0 bridgehead atoms. The first kappa shape index (κ1) is 14.3. The minimum Gasteiger partial charge on any atom is -0.485 e. The van der Waals surface area contributed by atoms with Crippen LogP contribution in [0.25, 0.3) is 0 Å². The summed E-state index contributed by atoms with van der Waals surface area (Å²) < 4.78 is 20.0. The molecule has 0 spiro atoms. The van der Waals surface area contributed by atoms with Crippen LogP contribution in [0.2, 0.25) is 0 Å². The number of likely N-dealkylation sites (N-methyl/N-ethyl adjacent to an activating group) is 1. The van der Waals surface area contributed by atoms with Crippen molar-refractivity contribution in [1.29, 1.82) is 0 Å². The molecule has 19 heavy (non-hydrogen) atoms. The maximum Gasteiger partial charge on any atom is 0.167 e. The summed E-state index contributed by atoms with van der Waals surface area (Å²) in [7, 11) is 1.96. The minimum absolute atomic E-state index is 0.0394. The van der Waals surface area contributed by atoms with Crippen molar-refractivity contribution in [2.24, 2.45) is 11.8 Å². The van der Waals surface area contributed by atoms with Crippen LogP contribution in [-0.4, -0.2) is 19.2 Å². The average molecular weight is 265 g/mol. The third kappa shape index (κ3) is 3.08. The Morgan fingerprint density at radius 2 is 2.00 bits per heavy atom. The van der Waals surface area contributed by atoms with E-state index >= 15 is 0 Å². The van der Waals surface area contributed by atoms with Gasteiger partial charge >= 0.3 is 0 Å². The highest BCUT2D eigenvalue weighted by Gasteiger charge is 2.35. The number of halogens is 1. The molecule has 0 radical (unpaired) electrons. The summed E-state index contributed by atoms with van der Waals surface area (Å²) in [6.07, 6.45) is 2.26.